The largest absolute Gasteiger partial charge is 0.493 e. The molecule has 14 nitrogen and oxygen atoms in total. The first-order chi connectivity index (χ1) is 20.7. The van der Waals surface area contributed by atoms with Gasteiger partial charge in [0.2, 0.25) is 6.10 Å². The minimum Gasteiger partial charge on any atom is -0.493 e. The van der Waals surface area contributed by atoms with Crippen LogP contribution >= 0.6 is 0 Å². The van der Waals surface area contributed by atoms with Gasteiger partial charge in [-0.25, -0.2) is 4.79 Å². The number of amides is 1. The van der Waals surface area contributed by atoms with Crippen LogP contribution in [-0.2, 0) is 50.0 Å². The molecule has 1 amide bonds. The zero-order valence-electron chi connectivity index (χ0n) is 25.1. The van der Waals surface area contributed by atoms with Crippen molar-refractivity contribution in [3.8, 4) is 11.5 Å². The summed E-state index contributed by atoms with van der Waals surface area (Å²) in [7, 11) is 3.50. The van der Waals surface area contributed by atoms with Crippen LogP contribution in [0.15, 0.2) is 24.0 Å². The van der Waals surface area contributed by atoms with Gasteiger partial charge in [0.1, 0.15) is 11.8 Å². The molecule has 2 aliphatic heterocycles. The molecule has 2 bridgehead atoms. The van der Waals surface area contributed by atoms with Crippen LogP contribution in [0.25, 0.3) is 0 Å². The molecule has 0 saturated carbocycles. The summed E-state index contributed by atoms with van der Waals surface area (Å²) < 4.78 is 27.9. The summed E-state index contributed by atoms with van der Waals surface area (Å²) in [5, 5.41) is 23.4. The number of hydrogen-bond donors (Lipinski definition) is 3. The van der Waals surface area contributed by atoms with E-state index in [0.717, 1.165) is 18.1 Å². The van der Waals surface area contributed by atoms with E-state index in [1.807, 2.05) is 19.2 Å². The number of aliphatic hydroxyl groups is 1. The van der Waals surface area contributed by atoms with Crippen LogP contribution in [0, 0.1) is 0 Å². The maximum Gasteiger partial charge on any atom is 0.348 e. The molecular weight excluding hydrogens is 580 g/mol. The minimum atomic E-state index is -1.75. The molecule has 1 fully saturated rings. The number of aliphatic carboxylic acids is 1. The summed E-state index contributed by atoms with van der Waals surface area (Å²) in [6.07, 6.45) is -1.89. The highest BCUT2D eigenvalue weighted by Crippen LogP contribution is 2.65. The Labute approximate surface area is 253 Å². The van der Waals surface area contributed by atoms with Crippen molar-refractivity contribution in [2.45, 2.75) is 87.9 Å². The van der Waals surface area contributed by atoms with Crippen molar-refractivity contribution in [1.82, 2.24) is 10.2 Å². The number of carboxylic acids is 1. The monoisotopic (exact) mass is 616 g/mol. The zero-order chi connectivity index (χ0) is 32.1. The molecule has 1 aromatic carbocycles. The molecular formula is C30H36N2O12. The lowest BCUT2D eigenvalue weighted by atomic mass is 9.50. The molecule has 238 valence electrons. The quantitative estimate of drug-likeness (QED) is 0.242. The van der Waals surface area contributed by atoms with Gasteiger partial charge in [0.25, 0.3) is 5.91 Å². The van der Waals surface area contributed by atoms with Crippen molar-refractivity contribution in [2.75, 3.05) is 20.7 Å². The van der Waals surface area contributed by atoms with Crippen LogP contribution in [0.4, 0.5) is 0 Å². The van der Waals surface area contributed by atoms with E-state index >= 15 is 0 Å². The summed E-state index contributed by atoms with van der Waals surface area (Å²) in [5.74, 6) is -4.07. The first kappa shape index (κ1) is 31.3. The molecule has 1 spiro atoms. The number of likely N-dealkylation sites (N-methyl/N-ethyl adjacent to an activating group) is 1. The van der Waals surface area contributed by atoms with Gasteiger partial charge in [-0.2, -0.15) is 0 Å². The Morgan fingerprint density at radius 1 is 1.18 bits per heavy atom. The summed E-state index contributed by atoms with van der Waals surface area (Å²) in [6, 6.07) is 2.34. The van der Waals surface area contributed by atoms with Crippen LogP contribution in [0.1, 0.15) is 51.2 Å². The number of carboxylic acid groups (broad SMARTS) is 1. The van der Waals surface area contributed by atoms with E-state index in [4.69, 9.17) is 28.8 Å². The Bertz CT molecular complexity index is 1440. The molecule has 1 aromatic rings. The summed E-state index contributed by atoms with van der Waals surface area (Å²) in [6.45, 7) is 4.14. The van der Waals surface area contributed by atoms with Crippen LogP contribution in [-0.4, -0.2) is 102 Å². The number of ether oxygens (including phenoxy) is 5. The molecule has 0 radical (unpaired) electrons. The van der Waals surface area contributed by atoms with Crippen molar-refractivity contribution in [3.63, 3.8) is 0 Å². The summed E-state index contributed by atoms with van der Waals surface area (Å²) in [4.78, 5) is 63.3. The highest BCUT2D eigenvalue weighted by Gasteiger charge is 2.72. The van der Waals surface area contributed by atoms with Gasteiger partial charge in [-0.05, 0) is 58.0 Å². The second-order valence-corrected chi connectivity index (χ2v) is 11.7. The molecule has 0 aromatic heterocycles. The van der Waals surface area contributed by atoms with E-state index in [9.17, 15) is 29.1 Å². The number of esters is 3. The molecule has 1 saturated heterocycles. The number of hydrogen-bond acceptors (Lipinski definition) is 12. The van der Waals surface area contributed by atoms with Crippen LogP contribution < -0.4 is 14.8 Å². The lowest BCUT2D eigenvalue weighted by Gasteiger charge is -2.61. The third-order valence-corrected chi connectivity index (χ3v) is 9.10. The lowest BCUT2D eigenvalue weighted by Crippen LogP contribution is -2.74. The van der Waals surface area contributed by atoms with E-state index in [0.29, 0.717) is 30.9 Å². The van der Waals surface area contributed by atoms with Gasteiger partial charge in [0.05, 0.1) is 24.5 Å². The van der Waals surface area contributed by atoms with Gasteiger partial charge >= 0.3 is 23.9 Å². The van der Waals surface area contributed by atoms with Gasteiger partial charge in [-0.1, -0.05) is 6.07 Å². The van der Waals surface area contributed by atoms with Crippen molar-refractivity contribution in [2.24, 2.45) is 0 Å². The molecule has 44 heavy (non-hydrogen) atoms. The van der Waals surface area contributed by atoms with Crippen LogP contribution in [0.2, 0.25) is 0 Å². The molecule has 5 rings (SSSR count). The molecule has 4 aliphatic rings. The Hall–Kier alpha value is -4.17. The first-order valence-electron chi connectivity index (χ1n) is 14.3. The number of nitrogens with zero attached hydrogens (tertiary/aromatic N) is 1. The normalized spacial score (nSPS) is 28.2. The fourth-order valence-electron chi connectivity index (χ4n) is 6.98. The standard InChI is InChI=1S/C30H36N2O12/c1-14(27(36)37)31-26(35)15(2)41-28(38)20(42-16(3)33)13-22(34)43-19-8-9-30(39)21-12-17-6-7-18(40-5)24-23(17)29(30,25(19)44-24)10-11-32(21)4/h6-8,14-15,20-21,25,39H,9-13H2,1-5H3,(H,31,35)(H,36,37)/t14-,15-,20-,21-,25+,29+,30-/m0/s1. The Balaban J connectivity index is 1.36. The van der Waals surface area contributed by atoms with Crippen molar-refractivity contribution in [3.05, 3.63) is 35.1 Å². The molecule has 14 heteroatoms. The van der Waals surface area contributed by atoms with E-state index < -0.39 is 71.6 Å². The second-order valence-electron chi connectivity index (χ2n) is 11.7. The molecule has 0 unspecified atom stereocenters. The van der Waals surface area contributed by atoms with Crippen molar-refractivity contribution < 1.29 is 57.9 Å². The number of benzene rings is 1. The number of nitrogens with one attached hydrogen (secondary N) is 1. The van der Waals surface area contributed by atoms with Gasteiger partial charge < -0.3 is 44.1 Å². The summed E-state index contributed by atoms with van der Waals surface area (Å²) in [5.41, 5.74) is -0.271. The fourth-order valence-corrected chi connectivity index (χ4v) is 6.98. The molecule has 3 N–H and O–H groups in total. The number of likely N-dealkylation sites (tertiary alicyclic amines) is 1. The van der Waals surface area contributed by atoms with Gasteiger partial charge in [0.15, 0.2) is 23.7 Å². The highest BCUT2D eigenvalue weighted by atomic mass is 16.6. The van der Waals surface area contributed by atoms with Gasteiger partial charge in [0, 0.05) is 24.9 Å². The smallest absolute Gasteiger partial charge is 0.348 e. The van der Waals surface area contributed by atoms with E-state index in [2.05, 4.69) is 10.2 Å². The molecule has 2 aliphatic carbocycles. The third-order valence-electron chi connectivity index (χ3n) is 9.10. The average molecular weight is 617 g/mol. The van der Waals surface area contributed by atoms with Gasteiger partial charge in [-0.15, -0.1) is 0 Å². The molecule has 7 atom stereocenters. The van der Waals surface area contributed by atoms with Gasteiger partial charge in [-0.3, -0.25) is 19.2 Å². The van der Waals surface area contributed by atoms with E-state index in [-0.39, 0.29) is 18.2 Å². The predicted molar refractivity (Wildman–Crippen MR) is 149 cm³/mol. The number of rotatable bonds is 10. The van der Waals surface area contributed by atoms with Crippen molar-refractivity contribution >= 4 is 29.8 Å². The average Bonchev–Trinajstić information content (AvgIpc) is 3.31. The fraction of sp³-hybridized carbons (Fsp3) is 0.567. The SMILES string of the molecule is COc1ccc2c3c1O[C@@H]1C(OC(=O)C[C@H](OC(C)=O)C(=O)O[C@@H](C)C(=O)N[C@@H](C)C(=O)O)=CC[C@]4(O)[C@H](C2)N(C)CC[C@@]314. The van der Waals surface area contributed by atoms with Crippen LogP contribution in [0.5, 0.6) is 11.5 Å². The zero-order valence-corrected chi connectivity index (χ0v) is 25.1. The maximum atomic E-state index is 13.2. The Morgan fingerprint density at radius 2 is 1.91 bits per heavy atom. The Kier molecular flexibility index (Phi) is 8.10. The van der Waals surface area contributed by atoms with E-state index in [1.54, 1.807) is 6.08 Å². The topological polar surface area (TPSA) is 187 Å². The molecule has 2 heterocycles. The van der Waals surface area contributed by atoms with Crippen molar-refractivity contribution in [1.29, 1.82) is 0 Å². The third kappa shape index (κ3) is 4.95. The highest BCUT2D eigenvalue weighted by molar-refractivity contribution is 5.89. The van der Waals surface area contributed by atoms with E-state index in [1.165, 1.54) is 21.0 Å². The lowest BCUT2D eigenvalue weighted by molar-refractivity contribution is -0.177. The number of piperidine rings is 1. The minimum absolute atomic E-state index is 0.152. The first-order valence-corrected chi connectivity index (χ1v) is 14.3. The second kappa shape index (κ2) is 11.4. The number of carbonyl (C=O) groups is 5. The summed E-state index contributed by atoms with van der Waals surface area (Å²) >= 11 is 0. The Morgan fingerprint density at radius 3 is 2.57 bits per heavy atom. The predicted octanol–water partition coefficient (Wildman–Crippen LogP) is 0.359. The number of carbonyl (C=O) groups excluding carboxylic acids is 4. The van der Waals surface area contributed by atoms with Crippen LogP contribution in [0.3, 0.4) is 0 Å². The maximum absolute atomic E-state index is 13.2. The number of methoxy groups -OCH3 is 1.